The average Bonchev–Trinajstić information content (AvgIpc) is 2.81. The van der Waals surface area contributed by atoms with E-state index in [0.717, 1.165) is 0 Å². The molecule has 114 valence electrons. The monoisotopic (exact) mass is 310 g/mol. The highest BCUT2D eigenvalue weighted by molar-refractivity contribution is 7.89. The van der Waals surface area contributed by atoms with Crippen LogP contribution in [0.5, 0.6) is 5.75 Å². The number of rotatable bonds is 5. The molecule has 1 aromatic carbocycles. The van der Waals surface area contributed by atoms with Gasteiger partial charge in [-0.3, -0.25) is 0 Å². The van der Waals surface area contributed by atoms with Crippen molar-refractivity contribution in [2.45, 2.75) is 32.2 Å². The number of hydrogen-bond acceptors (Lipinski definition) is 5. The Bertz CT molecular complexity index is 727. The molecule has 21 heavy (non-hydrogen) atoms. The number of methoxy groups -OCH3 is 1. The predicted molar refractivity (Wildman–Crippen MR) is 77.7 cm³/mol. The molecule has 0 fully saturated rings. The van der Waals surface area contributed by atoms with Gasteiger partial charge in [-0.15, -0.1) is 0 Å². The van der Waals surface area contributed by atoms with E-state index in [1.807, 2.05) is 0 Å². The van der Waals surface area contributed by atoms with Gasteiger partial charge in [0.25, 0.3) is 0 Å². The number of nitrogens with zero attached hydrogens (tertiary/aromatic N) is 1. The summed E-state index contributed by atoms with van der Waals surface area (Å²) in [6, 6.07) is 3.38. The number of nitrogens with one attached hydrogen (secondary N) is 1. The maximum Gasteiger partial charge on any atom is 0.241 e. The largest absolute Gasteiger partial charge is 0.497 e. The van der Waals surface area contributed by atoms with Crippen LogP contribution in [-0.2, 0) is 16.6 Å². The van der Waals surface area contributed by atoms with Crippen LogP contribution >= 0.6 is 0 Å². The van der Waals surface area contributed by atoms with Crippen molar-refractivity contribution in [1.29, 1.82) is 0 Å². The van der Waals surface area contributed by atoms with E-state index in [4.69, 9.17) is 9.15 Å². The van der Waals surface area contributed by atoms with E-state index in [2.05, 4.69) is 9.71 Å². The lowest BCUT2D eigenvalue weighted by atomic mass is 10.1. The summed E-state index contributed by atoms with van der Waals surface area (Å²) >= 11 is 0. The normalized spacial score (nSPS) is 11.6. The van der Waals surface area contributed by atoms with Gasteiger partial charge < -0.3 is 9.15 Å². The molecular weight excluding hydrogens is 292 g/mol. The number of oxazole rings is 1. The molecule has 0 saturated carbocycles. The molecule has 0 atom stereocenters. The first kappa shape index (κ1) is 15.5. The van der Waals surface area contributed by atoms with Crippen molar-refractivity contribution >= 4 is 10.0 Å². The number of sulfonamides is 1. The maximum atomic E-state index is 12.4. The molecule has 6 nitrogen and oxygen atoms in total. The molecule has 0 bridgehead atoms. The molecule has 0 aliphatic carbocycles. The zero-order valence-corrected chi connectivity index (χ0v) is 13.2. The Labute approximate surface area is 124 Å². The van der Waals surface area contributed by atoms with Crippen LogP contribution in [0.4, 0.5) is 0 Å². The molecule has 0 spiro atoms. The molecule has 0 aliphatic rings. The minimum Gasteiger partial charge on any atom is -0.497 e. The fourth-order valence-electron chi connectivity index (χ4n) is 2.16. The summed E-state index contributed by atoms with van der Waals surface area (Å²) in [6.07, 6.45) is 1.55. The van der Waals surface area contributed by atoms with Gasteiger partial charge in [-0.25, -0.2) is 18.1 Å². The van der Waals surface area contributed by atoms with Crippen molar-refractivity contribution in [2.75, 3.05) is 7.11 Å². The van der Waals surface area contributed by atoms with E-state index in [-0.39, 0.29) is 11.4 Å². The second kappa shape index (κ2) is 5.87. The van der Waals surface area contributed by atoms with Crippen molar-refractivity contribution in [3.63, 3.8) is 0 Å². The maximum absolute atomic E-state index is 12.4. The summed E-state index contributed by atoms with van der Waals surface area (Å²) in [5.74, 6) is 1.60. The predicted octanol–water partition coefficient (Wildman–Crippen LogP) is 2.09. The number of hydrogen-bond donors (Lipinski definition) is 1. The summed E-state index contributed by atoms with van der Waals surface area (Å²) in [5.41, 5.74) is 1.26. The van der Waals surface area contributed by atoms with Crippen molar-refractivity contribution in [3.05, 3.63) is 41.1 Å². The lowest BCUT2D eigenvalue weighted by Gasteiger charge is -2.13. The third-order valence-electron chi connectivity index (χ3n) is 3.02. The molecule has 0 amide bonds. The first-order valence-electron chi connectivity index (χ1n) is 6.39. The Morgan fingerprint density at radius 3 is 2.33 bits per heavy atom. The Morgan fingerprint density at radius 2 is 1.86 bits per heavy atom. The van der Waals surface area contributed by atoms with Crippen molar-refractivity contribution < 1.29 is 17.6 Å². The van der Waals surface area contributed by atoms with Crippen LogP contribution in [0.25, 0.3) is 0 Å². The summed E-state index contributed by atoms with van der Waals surface area (Å²) < 4.78 is 37.8. The quantitative estimate of drug-likeness (QED) is 0.914. The van der Waals surface area contributed by atoms with E-state index >= 15 is 0 Å². The van der Waals surface area contributed by atoms with Gasteiger partial charge in [0.05, 0.1) is 24.7 Å². The average molecular weight is 310 g/mol. The van der Waals surface area contributed by atoms with E-state index in [9.17, 15) is 8.42 Å². The SMILES string of the molecule is COc1cc(C)c(S(=O)(=O)NCc2ncc(C)o2)c(C)c1. The summed E-state index contributed by atoms with van der Waals surface area (Å²) in [6.45, 7) is 5.24. The van der Waals surface area contributed by atoms with Crippen LogP contribution in [-0.4, -0.2) is 20.5 Å². The molecule has 1 aromatic heterocycles. The first-order valence-corrected chi connectivity index (χ1v) is 7.88. The van der Waals surface area contributed by atoms with Crippen LogP contribution in [0.3, 0.4) is 0 Å². The van der Waals surface area contributed by atoms with Gasteiger partial charge in [-0.05, 0) is 44.0 Å². The topological polar surface area (TPSA) is 81.4 Å². The fourth-order valence-corrected chi connectivity index (χ4v) is 3.59. The highest BCUT2D eigenvalue weighted by atomic mass is 32.2. The zero-order valence-electron chi connectivity index (χ0n) is 12.4. The molecule has 0 unspecified atom stereocenters. The van der Waals surface area contributed by atoms with Crippen LogP contribution in [0.1, 0.15) is 22.8 Å². The van der Waals surface area contributed by atoms with Gasteiger partial charge in [0.15, 0.2) is 0 Å². The third-order valence-corrected chi connectivity index (χ3v) is 4.73. The molecule has 1 heterocycles. The van der Waals surface area contributed by atoms with E-state index < -0.39 is 10.0 Å². The minimum atomic E-state index is -3.64. The summed E-state index contributed by atoms with van der Waals surface area (Å²) in [4.78, 5) is 4.23. The van der Waals surface area contributed by atoms with Gasteiger partial charge in [0, 0.05) is 0 Å². The van der Waals surface area contributed by atoms with E-state index in [1.165, 1.54) is 0 Å². The van der Waals surface area contributed by atoms with Crippen molar-refractivity contribution in [3.8, 4) is 5.75 Å². The summed E-state index contributed by atoms with van der Waals surface area (Å²) in [5, 5.41) is 0. The lowest BCUT2D eigenvalue weighted by molar-refractivity contribution is 0.413. The van der Waals surface area contributed by atoms with Gasteiger partial charge in [0.1, 0.15) is 11.5 Å². The molecular formula is C14H18N2O4S. The van der Waals surface area contributed by atoms with Crippen LogP contribution in [0.2, 0.25) is 0 Å². The molecule has 2 rings (SSSR count). The number of ether oxygens (including phenoxy) is 1. The Hall–Kier alpha value is -1.86. The van der Waals surface area contributed by atoms with Crippen molar-refractivity contribution in [1.82, 2.24) is 9.71 Å². The van der Waals surface area contributed by atoms with Gasteiger partial charge >= 0.3 is 0 Å². The van der Waals surface area contributed by atoms with Gasteiger partial charge in [0.2, 0.25) is 15.9 Å². The molecule has 0 saturated heterocycles. The molecule has 0 aliphatic heterocycles. The standard InChI is InChI=1S/C14H18N2O4S/c1-9-5-12(19-4)6-10(2)14(9)21(17,18)16-8-13-15-7-11(3)20-13/h5-7,16H,8H2,1-4H3. The third kappa shape index (κ3) is 3.43. The Balaban J connectivity index is 2.27. The highest BCUT2D eigenvalue weighted by Gasteiger charge is 2.21. The molecule has 2 aromatic rings. The van der Waals surface area contributed by atoms with Gasteiger partial charge in [-0.2, -0.15) is 0 Å². The second-order valence-corrected chi connectivity index (χ2v) is 6.48. The van der Waals surface area contributed by atoms with Gasteiger partial charge in [-0.1, -0.05) is 0 Å². The Kier molecular flexibility index (Phi) is 4.34. The number of aromatic nitrogens is 1. The lowest BCUT2D eigenvalue weighted by Crippen LogP contribution is -2.25. The second-order valence-electron chi connectivity index (χ2n) is 4.78. The van der Waals surface area contributed by atoms with Crippen LogP contribution < -0.4 is 9.46 Å². The molecule has 0 radical (unpaired) electrons. The highest BCUT2D eigenvalue weighted by Crippen LogP contribution is 2.25. The fraction of sp³-hybridized carbons (Fsp3) is 0.357. The van der Waals surface area contributed by atoms with Crippen LogP contribution in [0.15, 0.2) is 27.6 Å². The summed E-state index contributed by atoms with van der Waals surface area (Å²) in [7, 11) is -2.09. The smallest absolute Gasteiger partial charge is 0.241 e. The van der Waals surface area contributed by atoms with E-state index in [1.54, 1.807) is 46.2 Å². The Morgan fingerprint density at radius 1 is 1.24 bits per heavy atom. The molecule has 7 heteroatoms. The van der Waals surface area contributed by atoms with Crippen molar-refractivity contribution in [2.24, 2.45) is 0 Å². The minimum absolute atomic E-state index is 0.0150. The number of benzene rings is 1. The van der Waals surface area contributed by atoms with E-state index in [0.29, 0.717) is 28.5 Å². The number of aryl methyl sites for hydroxylation is 3. The first-order chi connectivity index (χ1) is 9.83. The molecule has 1 N–H and O–H groups in total. The zero-order chi connectivity index (χ0) is 15.6. The van der Waals surface area contributed by atoms with Crippen LogP contribution in [0, 0.1) is 20.8 Å².